The monoisotopic (exact) mass is 500 g/mol. The van der Waals surface area contributed by atoms with E-state index in [2.05, 4.69) is 50.7 Å². The molecule has 0 aliphatic carbocycles. The van der Waals surface area contributed by atoms with Crippen LogP contribution in [0, 0.1) is 12.8 Å². The van der Waals surface area contributed by atoms with Crippen LogP contribution in [0.2, 0.25) is 0 Å². The number of nitrogens with one attached hydrogen (secondary N) is 2. The summed E-state index contributed by atoms with van der Waals surface area (Å²) in [5.74, 6) is 0.515. The predicted octanol–water partition coefficient (Wildman–Crippen LogP) is 6.68. The zero-order valence-corrected chi connectivity index (χ0v) is 23.2. The van der Waals surface area contributed by atoms with Gasteiger partial charge in [-0.1, -0.05) is 64.7 Å². The molecule has 0 fully saturated rings. The standard InChI is InChI=1S/C29H44N2O3S/c1-7-8-9-12-16-28(3,4)23-19-25-24(26(32)20-23)18-22(29(5,6)31-25)15-17-30-35(33,34)27-14-11-10-13-21(27)2/h10-11,13-14,19-20,22,30-32H,7-9,12,15-18H2,1-6H3. The van der Waals surface area contributed by atoms with Crippen molar-refractivity contribution in [2.24, 2.45) is 5.92 Å². The van der Waals surface area contributed by atoms with E-state index in [0.717, 1.165) is 28.8 Å². The Morgan fingerprint density at radius 3 is 2.54 bits per heavy atom. The topological polar surface area (TPSA) is 78.4 Å². The Bertz CT molecular complexity index is 1120. The highest BCUT2D eigenvalue weighted by atomic mass is 32.2. The first-order valence-electron chi connectivity index (χ1n) is 13.1. The van der Waals surface area contributed by atoms with Crippen LogP contribution in [0.3, 0.4) is 0 Å². The Labute approximate surface area is 212 Å². The number of fused-ring (bicyclic) bond motifs is 1. The Balaban J connectivity index is 1.71. The largest absolute Gasteiger partial charge is 0.508 e. The molecule has 0 aromatic heterocycles. The molecule has 0 saturated carbocycles. The molecule has 1 heterocycles. The summed E-state index contributed by atoms with van der Waals surface area (Å²) in [5, 5.41) is 14.6. The number of phenols is 1. The Hall–Kier alpha value is -2.05. The number of unbranched alkanes of at least 4 members (excludes halogenated alkanes) is 3. The molecule has 2 aromatic rings. The predicted molar refractivity (Wildman–Crippen MR) is 146 cm³/mol. The molecule has 0 spiro atoms. The molecular formula is C29H44N2O3S. The van der Waals surface area contributed by atoms with Crippen molar-refractivity contribution < 1.29 is 13.5 Å². The smallest absolute Gasteiger partial charge is 0.240 e. The maximum absolute atomic E-state index is 12.8. The van der Waals surface area contributed by atoms with Crippen molar-refractivity contribution in [2.45, 2.75) is 102 Å². The Morgan fingerprint density at radius 1 is 1.14 bits per heavy atom. The molecular weight excluding hydrogens is 456 g/mol. The van der Waals surface area contributed by atoms with Crippen molar-refractivity contribution in [3.05, 3.63) is 53.1 Å². The fourth-order valence-electron chi connectivity index (χ4n) is 5.23. The van der Waals surface area contributed by atoms with Gasteiger partial charge in [-0.3, -0.25) is 0 Å². The van der Waals surface area contributed by atoms with Crippen molar-refractivity contribution in [3.8, 4) is 5.75 Å². The van der Waals surface area contributed by atoms with Crippen LogP contribution in [0.15, 0.2) is 41.3 Å². The lowest BCUT2D eigenvalue weighted by molar-refractivity contribution is 0.309. The van der Waals surface area contributed by atoms with Gasteiger partial charge in [-0.15, -0.1) is 0 Å². The Morgan fingerprint density at radius 2 is 1.86 bits per heavy atom. The van der Waals surface area contributed by atoms with E-state index >= 15 is 0 Å². The molecule has 0 saturated heterocycles. The molecule has 0 bridgehead atoms. The van der Waals surface area contributed by atoms with Gasteiger partial charge < -0.3 is 10.4 Å². The maximum atomic E-state index is 12.8. The van der Waals surface area contributed by atoms with E-state index in [4.69, 9.17) is 0 Å². The lowest BCUT2D eigenvalue weighted by Gasteiger charge is -2.42. The highest BCUT2D eigenvalue weighted by Gasteiger charge is 2.36. The van der Waals surface area contributed by atoms with Crippen molar-refractivity contribution >= 4 is 15.7 Å². The summed E-state index contributed by atoms with van der Waals surface area (Å²) in [5.41, 5.74) is 3.61. The number of hydrogen-bond acceptors (Lipinski definition) is 4. The summed E-state index contributed by atoms with van der Waals surface area (Å²) in [6.07, 6.45) is 7.42. The zero-order valence-electron chi connectivity index (χ0n) is 22.4. The first-order valence-corrected chi connectivity index (χ1v) is 14.6. The number of phenolic OH excluding ortho intramolecular Hbond substituents is 1. The number of aromatic hydroxyl groups is 1. The fraction of sp³-hybridized carbons (Fsp3) is 0.586. The third kappa shape index (κ3) is 6.59. The van der Waals surface area contributed by atoms with Crippen molar-refractivity contribution in [3.63, 3.8) is 0 Å². The van der Waals surface area contributed by atoms with E-state index in [1.807, 2.05) is 25.1 Å². The van der Waals surface area contributed by atoms with Gasteiger partial charge >= 0.3 is 0 Å². The van der Waals surface area contributed by atoms with Gasteiger partial charge in [-0.2, -0.15) is 0 Å². The van der Waals surface area contributed by atoms with Crippen molar-refractivity contribution in [1.29, 1.82) is 0 Å². The maximum Gasteiger partial charge on any atom is 0.240 e. The molecule has 3 N–H and O–H groups in total. The first kappa shape index (κ1) is 27.5. The third-order valence-electron chi connectivity index (χ3n) is 7.76. The van der Waals surface area contributed by atoms with Crippen LogP contribution in [0.5, 0.6) is 5.75 Å². The minimum Gasteiger partial charge on any atom is -0.508 e. The number of aryl methyl sites for hydroxylation is 1. The molecule has 2 aromatic carbocycles. The summed E-state index contributed by atoms with van der Waals surface area (Å²) in [4.78, 5) is 0.328. The van der Waals surface area contributed by atoms with E-state index in [9.17, 15) is 13.5 Å². The lowest BCUT2D eigenvalue weighted by Crippen LogP contribution is -2.45. The van der Waals surface area contributed by atoms with Crippen molar-refractivity contribution in [1.82, 2.24) is 4.72 Å². The summed E-state index contributed by atoms with van der Waals surface area (Å²) in [6.45, 7) is 13.2. The number of anilines is 1. The second-order valence-electron chi connectivity index (χ2n) is 11.4. The van der Waals surface area contributed by atoms with Crippen LogP contribution in [0.1, 0.15) is 89.8 Å². The van der Waals surface area contributed by atoms with Crippen LogP contribution in [0.25, 0.3) is 0 Å². The summed E-state index contributed by atoms with van der Waals surface area (Å²) >= 11 is 0. The molecule has 5 nitrogen and oxygen atoms in total. The quantitative estimate of drug-likeness (QED) is 0.301. The molecule has 3 rings (SSSR count). The van der Waals surface area contributed by atoms with E-state index in [1.54, 1.807) is 12.1 Å². The van der Waals surface area contributed by atoms with Gasteiger partial charge in [0.05, 0.1) is 4.90 Å². The first-order chi connectivity index (χ1) is 16.4. The van der Waals surface area contributed by atoms with Crippen LogP contribution >= 0.6 is 0 Å². The fourth-order valence-corrected chi connectivity index (χ4v) is 6.52. The number of rotatable bonds is 11. The second-order valence-corrected chi connectivity index (χ2v) is 13.2. The Kier molecular flexibility index (Phi) is 8.59. The molecule has 6 heteroatoms. The molecule has 1 aliphatic heterocycles. The van der Waals surface area contributed by atoms with Gasteiger partial charge in [0.25, 0.3) is 0 Å². The molecule has 0 amide bonds. The molecule has 1 aliphatic rings. The number of hydrogen-bond donors (Lipinski definition) is 3. The summed E-state index contributed by atoms with van der Waals surface area (Å²) < 4.78 is 28.3. The minimum atomic E-state index is -3.55. The van der Waals surface area contributed by atoms with Gasteiger partial charge in [0.2, 0.25) is 10.0 Å². The van der Waals surface area contributed by atoms with Crippen LogP contribution in [-0.4, -0.2) is 25.6 Å². The van der Waals surface area contributed by atoms with Crippen molar-refractivity contribution in [2.75, 3.05) is 11.9 Å². The van der Waals surface area contributed by atoms with E-state index < -0.39 is 10.0 Å². The van der Waals surface area contributed by atoms with Crippen LogP contribution in [-0.2, 0) is 21.9 Å². The molecule has 1 unspecified atom stereocenters. The van der Waals surface area contributed by atoms with Gasteiger partial charge in [-0.25, -0.2) is 13.1 Å². The molecule has 194 valence electrons. The highest BCUT2D eigenvalue weighted by molar-refractivity contribution is 7.89. The summed E-state index contributed by atoms with van der Waals surface area (Å²) in [6, 6.07) is 11.2. The van der Waals surface area contributed by atoms with Gasteiger partial charge in [-0.05, 0) is 80.7 Å². The molecule has 0 radical (unpaired) electrons. The normalized spacial score (nSPS) is 17.6. The average molecular weight is 501 g/mol. The lowest BCUT2D eigenvalue weighted by atomic mass is 9.74. The molecule has 1 atom stereocenters. The van der Waals surface area contributed by atoms with Gasteiger partial charge in [0, 0.05) is 23.3 Å². The van der Waals surface area contributed by atoms with E-state index in [1.165, 1.54) is 25.7 Å². The van der Waals surface area contributed by atoms with E-state index in [0.29, 0.717) is 30.0 Å². The second kappa shape index (κ2) is 10.9. The average Bonchev–Trinajstić information content (AvgIpc) is 2.77. The molecule has 35 heavy (non-hydrogen) atoms. The van der Waals surface area contributed by atoms with Gasteiger partial charge in [0.15, 0.2) is 0 Å². The SMILES string of the molecule is CCCCCCC(C)(C)c1cc(O)c2c(c1)NC(C)(C)C(CCNS(=O)(=O)c1ccccc1C)C2. The zero-order chi connectivity index (χ0) is 25.9. The van der Waals surface area contributed by atoms with Crippen LogP contribution < -0.4 is 10.0 Å². The highest BCUT2D eigenvalue weighted by Crippen LogP contribution is 2.43. The van der Waals surface area contributed by atoms with Crippen LogP contribution in [0.4, 0.5) is 5.69 Å². The third-order valence-corrected chi connectivity index (χ3v) is 9.38. The minimum absolute atomic E-state index is 0.00320. The van der Waals surface area contributed by atoms with E-state index in [-0.39, 0.29) is 16.9 Å². The number of sulfonamides is 1. The van der Waals surface area contributed by atoms with Gasteiger partial charge in [0.1, 0.15) is 5.75 Å². The summed E-state index contributed by atoms with van der Waals surface area (Å²) in [7, 11) is -3.55. The number of benzene rings is 2.